The van der Waals surface area contributed by atoms with Gasteiger partial charge in [0, 0.05) is 19.1 Å². The van der Waals surface area contributed by atoms with Crippen molar-refractivity contribution in [3.05, 3.63) is 0 Å². The van der Waals surface area contributed by atoms with E-state index in [9.17, 15) is 5.11 Å². The van der Waals surface area contributed by atoms with E-state index in [2.05, 4.69) is 23.6 Å². The summed E-state index contributed by atoms with van der Waals surface area (Å²) < 4.78 is 0. The van der Waals surface area contributed by atoms with Gasteiger partial charge in [-0.05, 0) is 44.8 Å². The van der Waals surface area contributed by atoms with Gasteiger partial charge in [0.15, 0.2) is 0 Å². The second-order valence-corrected chi connectivity index (χ2v) is 6.11. The summed E-state index contributed by atoms with van der Waals surface area (Å²) in [5.74, 6) is 0.379. The van der Waals surface area contributed by atoms with Crippen molar-refractivity contribution in [2.75, 3.05) is 32.7 Å². The lowest BCUT2D eigenvalue weighted by molar-refractivity contribution is 0.0801. The number of aliphatic hydroxyl groups is 1. The number of aliphatic hydroxyl groups excluding tert-OH is 1. The Kier molecular flexibility index (Phi) is 4.83. The predicted octanol–water partition coefficient (Wildman–Crippen LogP) is 1.56. The van der Waals surface area contributed by atoms with Crippen LogP contribution in [0.4, 0.5) is 0 Å². The van der Waals surface area contributed by atoms with Crippen molar-refractivity contribution in [1.29, 1.82) is 0 Å². The van der Waals surface area contributed by atoms with E-state index in [0.717, 1.165) is 12.6 Å². The summed E-state index contributed by atoms with van der Waals surface area (Å²) in [5, 5.41) is 9.93. The van der Waals surface area contributed by atoms with Crippen molar-refractivity contribution in [1.82, 2.24) is 9.80 Å². The molecule has 2 aliphatic rings. The minimum atomic E-state index is -0.157. The molecule has 2 heterocycles. The van der Waals surface area contributed by atoms with Crippen LogP contribution in [0, 0.1) is 5.92 Å². The van der Waals surface area contributed by atoms with E-state index < -0.39 is 0 Å². The van der Waals surface area contributed by atoms with E-state index in [1.807, 2.05) is 0 Å². The van der Waals surface area contributed by atoms with Crippen LogP contribution < -0.4 is 0 Å². The molecule has 2 atom stereocenters. The Bertz CT molecular complexity index is 226. The average molecular weight is 240 g/mol. The fraction of sp³-hybridized carbons (Fsp3) is 1.00. The van der Waals surface area contributed by atoms with Crippen molar-refractivity contribution >= 4 is 0 Å². The first kappa shape index (κ1) is 13.3. The molecule has 2 aliphatic heterocycles. The average Bonchev–Trinajstić information content (AvgIpc) is 2.78. The zero-order valence-corrected chi connectivity index (χ0v) is 11.4. The van der Waals surface area contributed by atoms with Gasteiger partial charge in [0.2, 0.25) is 0 Å². The topological polar surface area (TPSA) is 26.7 Å². The van der Waals surface area contributed by atoms with Crippen LogP contribution in [0.1, 0.15) is 39.5 Å². The second-order valence-electron chi connectivity index (χ2n) is 6.11. The van der Waals surface area contributed by atoms with E-state index >= 15 is 0 Å². The number of likely N-dealkylation sites (tertiary alicyclic amines) is 2. The third-order valence-corrected chi connectivity index (χ3v) is 4.37. The Hall–Kier alpha value is -0.120. The molecule has 2 rings (SSSR count). The first-order valence-electron chi connectivity index (χ1n) is 7.31. The lowest BCUT2D eigenvalue weighted by Gasteiger charge is -2.32. The first-order chi connectivity index (χ1) is 8.16. The van der Waals surface area contributed by atoms with Gasteiger partial charge in [-0.3, -0.25) is 9.80 Å². The Morgan fingerprint density at radius 1 is 1.12 bits per heavy atom. The normalized spacial score (nSPS) is 30.0. The summed E-state index contributed by atoms with van der Waals surface area (Å²) in [4.78, 5) is 5.12. The van der Waals surface area contributed by atoms with Gasteiger partial charge in [0.25, 0.3) is 0 Å². The highest BCUT2D eigenvalue weighted by Crippen LogP contribution is 2.20. The largest absolute Gasteiger partial charge is 0.392 e. The summed E-state index contributed by atoms with van der Waals surface area (Å²) in [6.07, 6.45) is 5.31. The number of hydrogen-bond acceptors (Lipinski definition) is 3. The molecule has 2 unspecified atom stereocenters. The minimum Gasteiger partial charge on any atom is -0.392 e. The predicted molar refractivity (Wildman–Crippen MR) is 71.1 cm³/mol. The number of nitrogens with zero attached hydrogens (tertiary/aromatic N) is 2. The highest BCUT2D eigenvalue weighted by Gasteiger charge is 2.29. The van der Waals surface area contributed by atoms with Crippen LogP contribution in [-0.2, 0) is 0 Å². The van der Waals surface area contributed by atoms with Gasteiger partial charge >= 0.3 is 0 Å². The lowest BCUT2D eigenvalue weighted by Crippen LogP contribution is -2.42. The quantitative estimate of drug-likeness (QED) is 0.808. The molecular formula is C14H28N2O. The van der Waals surface area contributed by atoms with E-state index in [0.29, 0.717) is 5.92 Å². The van der Waals surface area contributed by atoms with Gasteiger partial charge in [0.05, 0.1) is 6.10 Å². The molecule has 3 nitrogen and oxygen atoms in total. The van der Waals surface area contributed by atoms with E-state index in [1.165, 1.54) is 51.9 Å². The van der Waals surface area contributed by atoms with Crippen LogP contribution in [0.15, 0.2) is 0 Å². The fourth-order valence-corrected chi connectivity index (χ4v) is 3.03. The SMILES string of the molecule is CC(C)C(O)CN1CCC(N2CCCCC2)C1. The number of hydrogen-bond donors (Lipinski definition) is 1. The van der Waals surface area contributed by atoms with E-state index in [1.54, 1.807) is 0 Å². The molecular weight excluding hydrogens is 212 g/mol. The smallest absolute Gasteiger partial charge is 0.0689 e. The molecule has 100 valence electrons. The van der Waals surface area contributed by atoms with Crippen molar-refractivity contribution in [2.24, 2.45) is 5.92 Å². The van der Waals surface area contributed by atoms with Crippen LogP contribution in [-0.4, -0.2) is 59.8 Å². The highest BCUT2D eigenvalue weighted by molar-refractivity contribution is 4.85. The van der Waals surface area contributed by atoms with Crippen LogP contribution >= 0.6 is 0 Å². The van der Waals surface area contributed by atoms with Gasteiger partial charge < -0.3 is 5.11 Å². The molecule has 1 N–H and O–H groups in total. The molecule has 0 saturated carbocycles. The molecule has 0 aromatic carbocycles. The highest BCUT2D eigenvalue weighted by atomic mass is 16.3. The maximum Gasteiger partial charge on any atom is 0.0689 e. The van der Waals surface area contributed by atoms with Crippen molar-refractivity contribution in [3.63, 3.8) is 0 Å². The maximum absolute atomic E-state index is 9.93. The zero-order valence-electron chi connectivity index (χ0n) is 11.4. The van der Waals surface area contributed by atoms with Crippen LogP contribution in [0.5, 0.6) is 0 Å². The zero-order chi connectivity index (χ0) is 12.3. The summed E-state index contributed by atoms with van der Waals surface area (Å²) in [6, 6.07) is 0.759. The van der Waals surface area contributed by atoms with Crippen molar-refractivity contribution in [2.45, 2.75) is 51.7 Å². The van der Waals surface area contributed by atoms with Gasteiger partial charge in [-0.15, -0.1) is 0 Å². The summed E-state index contributed by atoms with van der Waals surface area (Å²) >= 11 is 0. The number of piperidine rings is 1. The van der Waals surface area contributed by atoms with Gasteiger partial charge in [-0.2, -0.15) is 0 Å². The van der Waals surface area contributed by atoms with Crippen LogP contribution in [0.3, 0.4) is 0 Å². The van der Waals surface area contributed by atoms with Gasteiger partial charge in [0.1, 0.15) is 0 Å². The third-order valence-electron chi connectivity index (χ3n) is 4.37. The Morgan fingerprint density at radius 2 is 1.82 bits per heavy atom. The van der Waals surface area contributed by atoms with Crippen molar-refractivity contribution < 1.29 is 5.11 Å². The van der Waals surface area contributed by atoms with Crippen LogP contribution in [0.25, 0.3) is 0 Å². The van der Waals surface area contributed by atoms with E-state index in [4.69, 9.17) is 0 Å². The lowest BCUT2D eigenvalue weighted by atomic mass is 10.1. The molecule has 0 spiro atoms. The Morgan fingerprint density at radius 3 is 2.47 bits per heavy atom. The van der Waals surface area contributed by atoms with Gasteiger partial charge in [-0.25, -0.2) is 0 Å². The van der Waals surface area contributed by atoms with Gasteiger partial charge in [-0.1, -0.05) is 20.3 Å². The molecule has 0 radical (unpaired) electrons. The molecule has 0 bridgehead atoms. The molecule has 0 aromatic heterocycles. The molecule has 3 heteroatoms. The summed E-state index contributed by atoms with van der Waals surface area (Å²) in [6.45, 7) is 10.00. The molecule has 2 saturated heterocycles. The molecule has 0 amide bonds. The molecule has 17 heavy (non-hydrogen) atoms. The number of β-amino-alcohol motifs (C(OH)–C–C–N with tert-alkyl or cyclic N) is 1. The molecule has 0 aliphatic carbocycles. The standard InChI is InChI=1S/C14H28N2O/c1-12(2)14(17)11-15-9-6-13(10-15)16-7-4-3-5-8-16/h12-14,17H,3-11H2,1-2H3. The van der Waals surface area contributed by atoms with E-state index in [-0.39, 0.29) is 6.10 Å². The second kappa shape index (κ2) is 6.17. The Labute approximate surface area is 106 Å². The summed E-state index contributed by atoms with van der Waals surface area (Å²) in [5.41, 5.74) is 0. The first-order valence-corrected chi connectivity index (χ1v) is 7.31. The minimum absolute atomic E-state index is 0.157. The third kappa shape index (κ3) is 3.67. The monoisotopic (exact) mass is 240 g/mol. The maximum atomic E-state index is 9.93. The molecule has 2 fully saturated rings. The van der Waals surface area contributed by atoms with Crippen molar-refractivity contribution in [3.8, 4) is 0 Å². The van der Waals surface area contributed by atoms with Crippen LogP contribution in [0.2, 0.25) is 0 Å². The fourth-order valence-electron chi connectivity index (χ4n) is 3.03. The molecule has 0 aromatic rings. The Balaban J connectivity index is 1.74. The number of rotatable bonds is 4. The summed E-state index contributed by atoms with van der Waals surface area (Å²) in [7, 11) is 0.